The van der Waals surface area contributed by atoms with Crippen molar-refractivity contribution in [2.24, 2.45) is 0 Å². The average molecular weight is 202 g/mol. The van der Waals surface area contributed by atoms with Crippen molar-refractivity contribution in [3.8, 4) is 0 Å². The van der Waals surface area contributed by atoms with Crippen LogP contribution in [0.5, 0.6) is 0 Å². The van der Waals surface area contributed by atoms with Crippen LogP contribution in [-0.4, -0.2) is 21.3 Å². The van der Waals surface area contributed by atoms with Gasteiger partial charge in [0.15, 0.2) is 0 Å². The molecule has 0 spiro atoms. The second kappa shape index (κ2) is 4.28. The monoisotopic (exact) mass is 202 g/mol. The Hall–Kier alpha value is -1.61. The predicted octanol–water partition coefficient (Wildman–Crippen LogP) is 1.77. The Bertz CT molecular complexity index is 422. The summed E-state index contributed by atoms with van der Waals surface area (Å²) < 4.78 is 1.98. The number of aryl methyl sites for hydroxylation is 1. The van der Waals surface area contributed by atoms with Crippen LogP contribution in [0.25, 0.3) is 0 Å². The van der Waals surface area contributed by atoms with E-state index in [1.807, 2.05) is 48.0 Å². The molecule has 1 aromatic heterocycles. The highest BCUT2D eigenvalue weighted by Crippen LogP contribution is 2.18. The summed E-state index contributed by atoms with van der Waals surface area (Å²) in [5.41, 5.74) is 1.10. The Balaban J connectivity index is 2.37. The van der Waals surface area contributed by atoms with E-state index in [9.17, 15) is 5.11 Å². The summed E-state index contributed by atoms with van der Waals surface area (Å²) >= 11 is 0. The zero-order chi connectivity index (χ0) is 10.7. The van der Waals surface area contributed by atoms with Crippen molar-refractivity contribution in [3.05, 3.63) is 54.1 Å². The van der Waals surface area contributed by atoms with E-state index >= 15 is 0 Å². The molecule has 15 heavy (non-hydrogen) atoms. The van der Waals surface area contributed by atoms with Crippen molar-refractivity contribution in [2.75, 3.05) is 6.61 Å². The predicted molar refractivity (Wildman–Crippen MR) is 58.6 cm³/mol. The summed E-state index contributed by atoms with van der Waals surface area (Å²) in [5.74, 6) is 0.915. The van der Waals surface area contributed by atoms with Gasteiger partial charge in [0, 0.05) is 12.4 Å². The van der Waals surface area contributed by atoms with Crippen LogP contribution in [0.15, 0.2) is 42.7 Å². The third-order valence-electron chi connectivity index (χ3n) is 2.56. The fourth-order valence-electron chi connectivity index (χ4n) is 1.75. The van der Waals surface area contributed by atoms with Gasteiger partial charge in [-0.15, -0.1) is 0 Å². The van der Waals surface area contributed by atoms with Crippen LogP contribution in [0.4, 0.5) is 0 Å². The molecule has 1 heterocycles. The third kappa shape index (κ3) is 1.92. The van der Waals surface area contributed by atoms with Crippen LogP contribution in [0.2, 0.25) is 0 Å². The van der Waals surface area contributed by atoms with Gasteiger partial charge in [0.2, 0.25) is 0 Å². The Morgan fingerprint density at radius 1 is 1.33 bits per heavy atom. The highest BCUT2D eigenvalue weighted by molar-refractivity contribution is 5.20. The van der Waals surface area contributed by atoms with Crippen LogP contribution in [0.1, 0.15) is 17.4 Å². The molecule has 0 radical (unpaired) electrons. The number of hydrogen-bond donors (Lipinski definition) is 1. The Kier molecular flexibility index (Phi) is 2.83. The van der Waals surface area contributed by atoms with E-state index < -0.39 is 0 Å². The first kappa shape index (κ1) is 9.93. The maximum Gasteiger partial charge on any atom is 0.106 e. The molecule has 78 valence electrons. The van der Waals surface area contributed by atoms with Crippen LogP contribution in [-0.2, 0) is 0 Å². The molecule has 3 heteroatoms. The van der Waals surface area contributed by atoms with Crippen LogP contribution >= 0.6 is 0 Å². The zero-order valence-electron chi connectivity index (χ0n) is 8.67. The molecule has 0 saturated carbocycles. The van der Waals surface area contributed by atoms with Crippen molar-refractivity contribution in [1.82, 2.24) is 9.55 Å². The maximum absolute atomic E-state index is 9.43. The average Bonchev–Trinajstić information content (AvgIpc) is 2.68. The molecule has 1 unspecified atom stereocenters. The van der Waals surface area contributed by atoms with E-state index in [2.05, 4.69) is 4.98 Å². The molecule has 0 bridgehead atoms. The van der Waals surface area contributed by atoms with Crippen molar-refractivity contribution < 1.29 is 5.11 Å². The van der Waals surface area contributed by atoms with E-state index in [4.69, 9.17) is 0 Å². The lowest BCUT2D eigenvalue weighted by molar-refractivity contribution is 0.248. The number of aliphatic hydroxyl groups is 1. The van der Waals surface area contributed by atoms with E-state index in [0.717, 1.165) is 11.4 Å². The number of imidazole rings is 1. The second-order valence-electron chi connectivity index (χ2n) is 3.49. The molecular formula is C12H14N2O. The fourth-order valence-corrected chi connectivity index (χ4v) is 1.75. The van der Waals surface area contributed by atoms with Gasteiger partial charge in [-0.3, -0.25) is 0 Å². The molecule has 0 fully saturated rings. The quantitative estimate of drug-likeness (QED) is 0.823. The van der Waals surface area contributed by atoms with Gasteiger partial charge in [-0.25, -0.2) is 4.98 Å². The Morgan fingerprint density at radius 2 is 2.07 bits per heavy atom. The van der Waals surface area contributed by atoms with Crippen LogP contribution in [0.3, 0.4) is 0 Å². The number of nitrogens with zero attached hydrogens (tertiary/aromatic N) is 2. The summed E-state index contributed by atoms with van der Waals surface area (Å²) in [6.45, 7) is 2.02. The normalized spacial score (nSPS) is 12.7. The smallest absolute Gasteiger partial charge is 0.106 e. The van der Waals surface area contributed by atoms with Gasteiger partial charge in [0.1, 0.15) is 5.82 Å². The summed E-state index contributed by atoms with van der Waals surface area (Å²) in [7, 11) is 0. The molecule has 1 N–H and O–H groups in total. The highest BCUT2D eigenvalue weighted by Gasteiger charge is 2.13. The molecule has 2 rings (SSSR count). The van der Waals surface area contributed by atoms with Crippen molar-refractivity contribution in [3.63, 3.8) is 0 Å². The minimum absolute atomic E-state index is 0.0336. The van der Waals surface area contributed by atoms with Gasteiger partial charge in [-0.1, -0.05) is 30.3 Å². The summed E-state index contributed by atoms with van der Waals surface area (Å²) in [6, 6.07) is 9.92. The molecule has 3 nitrogen and oxygen atoms in total. The summed E-state index contributed by atoms with van der Waals surface area (Å²) in [5, 5.41) is 9.43. The second-order valence-corrected chi connectivity index (χ2v) is 3.49. The first-order valence-corrected chi connectivity index (χ1v) is 4.98. The molecular weight excluding hydrogens is 188 g/mol. The molecule has 2 aromatic rings. The first-order valence-electron chi connectivity index (χ1n) is 4.98. The van der Waals surface area contributed by atoms with Gasteiger partial charge >= 0.3 is 0 Å². The number of aliphatic hydroxyl groups excluding tert-OH is 1. The van der Waals surface area contributed by atoms with Crippen molar-refractivity contribution in [2.45, 2.75) is 13.0 Å². The maximum atomic E-state index is 9.43. The van der Waals surface area contributed by atoms with Gasteiger partial charge in [-0.2, -0.15) is 0 Å². The number of benzene rings is 1. The number of rotatable bonds is 3. The molecule has 0 aliphatic rings. The standard InChI is InChI=1S/C12H14N2O/c1-10-13-7-8-14(10)12(9-15)11-5-3-2-4-6-11/h2-8,12,15H,9H2,1H3. The van der Waals surface area contributed by atoms with Crippen LogP contribution in [0, 0.1) is 6.92 Å². The van der Waals surface area contributed by atoms with Gasteiger partial charge in [0.05, 0.1) is 12.6 Å². The van der Waals surface area contributed by atoms with E-state index in [1.165, 1.54) is 0 Å². The van der Waals surface area contributed by atoms with Gasteiger partial charge < -0.3 is 9.67 Å². The SMILES string of the molecule is Cc1nccn1C(CO)c1ccccc1. The highest BCUT2D eigenvalue weighted by atomic mass is 16.3. The third-order valence-corrected chi connectivity index (χ3v) is 2.56. The van der Waals surface area contributed by atoms with E-state index in [0.29, 0.717) is 0 Å². The number of hydrogen-bond acceptors (Lipinski definition) is 2. The Labute approximate surface area is 89.0 Å². The fraction of sp³-hybridized carbons (Fsp3) is 0.250. The number of aromatic nitrogens is 2. The lowest BCUT2D eigenvalue weighted by Crippen LogP contribution is -2.15. The topological polar surface area (TPSA) is 38.0 Å². The molecule has 1 aromatic carbocycles. The minimum Gasteiger partial charge on any atom is -0.394 e. The minimum atomic E-state index is -0.0336. The Morgan fingerprint density at radius 3 is 2.60 bits per heavy atom. The first-order chi connectivity index (χ1) is 7.33. The van der Waals surface area contributed by atoms with E-state index in [1.54, 1.807) is 6.20 Å². The molecule has 0 saturated heterocycles. The van der Waals surface area contributed by atoms with Crippen molar-refractivity contribution >= 4 is 0 Å². The summed E-state index contributed by atoms with van der Waals surface area (Å²) in [6.07, 6.45) is 3.64. The largest absolute Gasteiger partial charge is 0.394 e. The van der Waals surface area contributed by atoms with E-state index in [-0.39, 0.29) is 12.6 Å². The molecule has 0 aliphatic carbocycles. The molecule has 0 aliphatic heterocycles. The lowest BCUT2D eigenvalue weighted by atomic mass is 10.1. The van der Waals surface area contributed by atoms with Gasteiger partial charge in [-0.05, 0) is 12.5 Å². The summed E-state index contributed by atoms with van der Waals surface area (Å²) in [4.78, 5) is 4.16. The van der Waals surface area contributed by atoms with Crippen molar-refractivity contribution in [1.29, 1.82) is 0 Å². The molecule has 0 amide bonds. The lowest BCUT2D eigenvalue weighted by Gasteiger charge is -2.17. The molecule has 1 atom stereocenters. The van der Waals surface area contributed by atoms with Crippen LogP contribution < -0.4 is 0 Å². The van der Waals surface area contributed by atoms with Gasteiger partial charge in [0.25, 0.3) is 0 Å². The zero-order valence-corrected chi connectivity index (χ0v) is 8.67.